The second-order valence-corrected chi connectivity index (χ2v) is 8.05. The second kappa shape index (κ2) is 7.02. The van der Waals surface area contributed by atoms with E-state index < -0.39 is 5.97 Å². The number of aromatic nitrogens is 2. The largest absolute Gasteiger partial charge is 0.456 e. The number of hydrogen-bond acceptors (Lipinski definition) is 5. The van der Waals surface area contributed by atoms with E-state index in [9.17, 15) is 9.59 Å². The number of esters is 1. The number of halogens is 2. The number of hydrogen-bond donors (Lipinski definition) is 0. The first kappa shape index (κ1) is 17.5. The van der Waals surface area contributed by atoms with Crippen LogP contribution in [0.1, 0.15) is 39.5 Å². The molecule has 3 aromatic rings. The van der Waals surface area contributed by atoms with Gasteiger partial charge in [0.1, 0.15) is 6.61 Å². The van der Waals surface area contributed by atoms with Gasteiger partial charge in [-0.2, -0.15) is 0 Å². The monoisotopic (exact) mass is 408 g/mol. The summed E-state index contributed by atoms with van der Waals surface area (Å²) in [4.78, 5) is 31.0. The molecule has 0 spiro atoms. The fourth-order valence-corrected chi connectivity index (χ4v) is 4.87. The van der Waals surface area contributed by atoms with Gasteiger partial charge in [0.2, 0.25) is 0 Å². The number of aryl methyl sites for hydroxylation is 2. The number of ether oxygens (including phenoxy) is 1. The summed E-state index contributed by atoms with van der Waals surface area (Å²) in [5.74, 6) is -0.568. The van der Waals surface area contributed by atoms with Crippen LogP contribution in [-0.2, 0) is 24.2 Å². The minimum atomic E-state index is -0.568. The van der Waals surface area contributed by atoms with Crippen molar-refractivity contribution < 1.29 is 9.53 Å². The van der Waals surface area contributed by atoms with E-state index in [0.29, 0.717) is 20.7 Å². The van der Waals surface area contributed by atoms with Crippen LogP contribution < -0.4 is 5.56 Å². The van der Waals surface area contributed by atoms with Gasteiger partial charge in [0.15, 0.2) is 4.96 Å². The van der Waals surface area contributed by atoms with Crippen molar-refractivity contribution in [3.63, 3.8) is 0 Å². The van der Waals surface area contributed by atoms with Gasteiger partial charge in [-0.3, -0.25) is 9.20 Å². The average molecular weight is 409 g/mol. The Bertz CT molecular complexity index is 1050. The number of carbonyl (C=O) groups is 1. The lowest BCUT2D eigenvalue weighted by molar-refractivity contribution is 0.0468. The highest BCUT2D eigenvalue weighted by atomic mass is 35.5. The molecule has 5 nitrogen and oxygen atoms in total. The van der Waals surface area contributed by atoms with Crippen molar-refractivity contribution in [2.75, 3.05) is 0 Å². The minimum Gasteiger partial charge on any atom is -0.456 e. The maximum absolute atomic E-state index is 12.5. The molecule has 4 rings (SSSR count). The van der Waals surface area contributed by atoms with Gasteiger partial charge in [0, 0.05) is 26.7 Å². The number of rotatable bonds is 3. The summed E-state index contributed by atoms with van der Waals surface area (Å²) in [5.41, 5.74) is 1.62. The summed E-state index contributed by atoms with van der Waals surface area (Å²) >= 11 is 13.3. The molecule has 1 aliphatic carbocycles. The molecule has 134 valence electrons. The molecule has 0 amide bonds. The van der Waals surface area contributed by atoms with Crippen LogP contribution >= 0.6 is 34.5 Å². The molecular weight excluding hydrogens is 395 g/mol. The van der Waals surface area contributed by atoms with E-state index in [4.69, 9.17) is 27.9 Å². The zero-order chi connectivity index (χ0) is 18.3. The molecule has 2 heterocycles. The van der Waals surface area contributed by atoms with Crippen LogP contribution in [0.15, 0.2) is 29.1 Å². The molecule has 0 saturated heterocycles. The third kappa shape index (κ3) is 3.37. The van der Waals surface area contributed by atoms with Crippen molar-refractivity contribution in [3.05, 3.63) is 66.5 Å². The molecule has 1 aromatic carbocycles. The molecular formula is C18H14Cl2N2O3S. The smallest absolute Gasteiger partial charge is 0.338 e. The second-order valence-electron chi connectivity index (χ2n) is 6.12. The highest BCUT2D eigenvalue weighted by Gasteiger charge is 2.19. The lowest BCUT2D eigenvalue weighted by atomic mass is 10.0. The zero-order valence-corrected chi connectivity index (χ0v) is 16.0. The number of thiazole rings is 1. The van der Waals surface area contributed by atoms with Crippen LogP contribution in [0.25, 0.3) is 4.96 Å². The third-order valence-electron chi connectivity index (χ3n) is 4.26. The van der Waals surface area contributed by atoms with Gasteiger partial charge in [-0.25, -0.2) is 9.78 Å². The molecule has 0 bridgehead atoms. The van der Waals surface area contributed by atoms with E-state index in [0.717, 1.165) is 31.4 Å². The first-order valence-electron chi connectivity index (χ1n) is 8.18. The number of fused-ring (bicyclic) bond motifs is 3. The van der Waals surface area contributed by atoms with Crippen molar-refractivity contribution in [2.24, 2.45) is 0 Å². The minimum absolute atomic E-state index is 0.0860. The van der Waals surface area contributed by atoms with Crippen molar-refractivity contribution in [1.29, 1.82) is 0 Å². The van der Waals surface area contributed by atoms with Crippen LogP contribution in [0.4, 0.5) is 0 Å². The standard InChI is InChI=1S/C18H14Cl2N2O3S/c19-11-5-10(6-12(20)7-11)17(24)25-9-13-8-16(23)22-14-3-1-2-4-15(14)26-18(22)21-13/h5-8H,1-4,9H2. The quantitative estimate of drug-likeness (QED) is 0.606. The lowest BCUT2D eigenvalue weighted by Crippen LogP contribution is -2.18. The molecule has 26 heavy (non-hydrogen) atoms. The molecule has 0 fully saturated rings. The molecule has 0 radical (unpaired) electrons. The Morgan fingerprint density at radius 3 is 2.65 bits per heavy atom. The van der Waals surface area contributed by atoms with Crippen LogP contribution in [-0.4, -0.2) is 15.4 Å². The zero-order valence-electron chi connectivity index (χ0n) is 13.6. The van der Waals surface area contributed by atoms with Crippen LogP contribution in [0.3, 0.4) is 0 Å². The highest BCUT2D eigenvalue weighted by molar-refractivity contribution is 7.17. The highest BCUT2D eigenvalue weighted by Crippen LogP contribution is 2.28. The maximum Gasteiger partial charge on any atom is 0.338 e. The van der Waals surface area contributed by atoms with Crippen LogP contribution in [0.2, 0.25) is 10.0 Å². The van der Waals surface area contributed by atoms with Gasteiger partial charge in [0.05, 0.1) is 11.3 Å². The van der Waals surface area contributed by atoms with Gasteiger partial charge in [-0.05, 0) is 43.9 Å². The molecule has 0 N–H and O–H groups in total. The summed E-state index contributed by atoms with van der Waals surface area (Å²) in [7, 11) is 0. The van der Waals surface area contributed by atoms with E-state index in [-0.39, 0.29) is 17.7 Å². The first-order valence-corrected chi connectivity index (χ1v) is 9.75. The normalized spacial score (nSPS) is 13.6. The van der Waals surface area contributed by atoms with Gasteiger partial charge in [-0.15, -0.1) is 11.3 Å². The molecule has 0 saturated carbocycles. The summed E-state index contributed by atoms with van der Waals surface area (Å²) < 4.78 is 6.95. The fraction of sp³-hybridized carbons (Fsp3) is 0.278. The Morgan fingerprint density at radius 2 is 1.88 bits per heavy atom. The SMILES string of the molecule is O=C(OCc1cc(=O)n2c3c(sc2n1)CCCC3)c1cc(Cl)cc(Cl)c1. The Labute approximate surface area is 163 Å². The van der Waals surface area contributed by atoms with E-state index in [1.807, 2.05) is 0 Å². The Hall–Kier alpha value is -1.89. The van der Waals surface area contributed by atoms with Gasteiger partial charge in [0.25, 0.3) is 5.56 Å². The van der Waals surface area contributed by atoms with Crippen molar-refractivity contribution in [2.45, 2.75) is 32.3 Å². The molecule has 2 aromatic heterocycles. The summed E-state index contributed by atoms with van der Waals surface area (Å²) in [6.07, 6.45) is 4.12. The van der Waals surface area contributed by atoms with Crippen molar-refractivity contribution >= 4 is 45.5 Å². The van der Waals surface area contributed by atoms with Gasteiger partial charge >= 0.3 is 5.97 Å². The van der Waals surface area contributed by atoms with E-state index in [1.54, 1.807) is 4.40 Å². The van der Waals surface area contributed by atoms with E-state index in [1.165, 1.54) is 40.5 Å². The van der Waals surface area contributed by atoms with Gasteiger partial charge in [-0.1, -0.05) is 23.2 Å². The van der Waals surface area contributed by atoms with E-state index in [2.05, 4.69) is 4.98 Å². The topological polar surface area (TPSA) is 60.7 Å². The first-order chi connectivity index (χ1) is 12.5. The average Bonchev–Trinajstić information content (AvgIpc) is 2.97. The molecule has 0 unspecified atom stereocenters. The fourth-order valence-electron chi connectivity index (χ4n) is 3.11. The molecule has 1 aliphatic rings. The third-order valence-corrected chi connectivity index (χ3v) is 5.84. The van der Waals surface area contributed by atoms with Crippen molar-refractivity contribution in [1.82, 2.24) is 9.38 Å². The predicted octanol–water partition coefficient (Wildman–Crippen LogP) is 4.30. The van der Waals surface area contributed by atoms with Crippen molar-refractivity contribution in [3.8, 4) is 0 Å². The number of benzene rings is 1. The van der Waals surface area contributed by atoms with E-state index >= 15 is 0 Å². The lowest BCUT2D eigenvalue weighted by Gasteiger charge is -2.10. The Morgan fingerprint density at radius 1 is 1.15 bits per heavy atom. The van der Waals surface area contributed by atoms with Crippen LogP contribution in [0.5, 0.6) is 0 Å². The van der Waals surface area contributed by atoms with Crippen LogP contribution in [0, 0.1) is 0 Å². The Balaban J connectivity index is 1.58. The summed E-state index contributed by atoms with van der Waals surface area (Å²) in [6.45, 7) is -0.0860. The van der Waals surface area contributed by atoms with Gasteiger partial charge < -0.3 is 4.74 Å². The maximum atomic E-state index is 12.5. The summed E-state index contributed by atoms with van der Waals surface area (Å²) in [6, 6.07) is 5.92. The summed E-state index contributed by atoms with van der Waals surface area (Å²) in [5, 5.41) is 0.706. The Kier molecular flexibility index (Phi) is 4.73. The molecule has 8 heteroatoms. The predicted molar refractivity (Wildman–Crippen MR) is 102 cm³/mol. The molecule has 0 atom stereocenters. The number of nitrogens with zero attached hydrogens (tertiary/aromatic N) is 2. The number of carbonyl (C=O) groups excluding carboxylic acids is 1. The molecule has 0 aliphatic heterocycles.